The zero-order chi connectivity index (χ0) is 17.9. The average Bonchev–Trinajstić information content (AvgIpc) is 2.54. The Morgan fingerprint density at radius 3 is 2.29 bits per heavy atom. The second-order valence-corrected chi connectivity index (χ2v) is 7.80. The van der Waals surface area contributed by atoms with Gasteiger partial charge in [-0.3, -0.25) is 14.6 Å². The highest BCUT2D eigenvalue weighted by atomic mass is 16.4. The van der Waals surface area contributed by atoms with Crippen molar-refractivity contribution in [2.24, 2.45) is 0 Å². The number of benzene rings is 1. The van der Waals surface area contributed by atoms with Gasteiger partial charge in [0.2, 0.25) is 0 Å². The van der Waals surface area contributed by atoms with Gasteiger partial charge >= 0.3 is 5.97 Å². The summed E-state index contributed by atoms with van der Waals surface area (Å²) in [7, 11) is 0. The van der Waals surface area contributed by atoms with Crippen LogP contribution in [0.3, 0.4) is 0 Å². The monoisotopic (exact) mass is 332 g/mol. The third kappa shape index (κ3) is 4.17. The van der Waals surface area contributed by atoms with Crippen molar-refractivity contribution in [2.75, 3.05) is 26.2 Å². The number of aliphatic carboxylic acids is 1. The Morgan fingerprint density at radius 1 is 1.21 bits per heavy atom. The highest BCUT2D eigenvalue weighted by Gasteiger charge is 2.33. The first-order valence-corrected chi connectivity index (χ1v) is 9.09. The summed E-state index contributed by atoms with van der Waals surface area (Å²) in [4.78, 5) is 16.6. The van der Waals surface area contributed by atoms with Crippen molar-refractivity contribution in [3.05, 3.63) is 35.4 Å². The topological polar surface area (TPSA) is 43.8 Å². The SMILES string of the molecule is CCC1CN(C(C(=O)O)c2ccc(C(C)(C)C)cc2)CCN1CC. The van der Waals surface area contributed by atoms with Crippen LogP contribution < -0.4 is 0 Å². The number of hydrogen-bond acceptors (Lipinski definition) is 3. The number of rotatable bonds is 5. The van der Waals surface area contributed by atoms with Gasteiger partial charge in [-0.05, 0) is 29.5 Å². The van der Waals surface area contributed by atoms with E-state index in [9.17, 15) is 9.90 Å². The van der Waals surface area contributed by atoms with Crippen molar-refractivity contribution in [3.63, 3.8) is 0 Å². The van der Waals surface area contributed by atoms with Gasteiger partial charge < -0.3 is 5.11 Å². The summed E-state index contributed by atoms with van der Waals surface area (Å²) in [6.45, 7) is 14.5. The first-order chi connectivity index (χ1) is 11.3. The van der Waals surface area contributed by atoms with Gasteiger partial charge in [0, 0.05) is 25.7 Å². The maximum absolute atomic E-state index is 12.0. The van der Waals surface area contributed by atoms with Crippen molar-refractivity contribution in [3.8, 4) is 0 Å². The summed E-state index contributed by atoms with van der Waals surface area (Å²) in [6, 6.07) is 8.03. The van der Waals surface area contributed by atoms with E-state index < -0.39 is 12.0 Å². The van der Waals surface area contributed by atoms with Crippen molar-refractivity contribution in [1.82, 2.24) is 9.80 Å². The van der Waals surface area contributed by atoms with Gasteiger partial charge in [0.15, 0.2) is 0 Å². The normalized spacial score (nSPS) is 21.6. The molecule has 0 aliphatic carbocycles. The molecule has 1 heterocycles. The summed E-state index contributed by atoms with van der Waals surface area (Å²) in [5.41, 5.74) is 2.20. The molecular weight excluding hydrogens is 300 g/mol. The Labute approximate surface area is 146 Å². The van der Waals surface area contributed by atoms with Gasteiger partial charge in [-0.2, -0.15) is 0 Å². The number of carbonyl (C=O) groups is 1. The van der Waals surface area contributed by atoms with Crippen LogP contribution >= 0.6 is 0 Å². The molecular formula is C20H32N2O2. The fourth-order valence-electron chi connectivity index (χ4n) is 3.63. The van der Waals surface area contributed by atoms with Crippen molar-refractivity contribution in [1.29, 1.82) is 0 Å². The van der Waals surface area contributed by atoms with E-state index in [-0.39, 0.29) is 5.41 Å². The van der Waals surface area contributed by atoms with Gasteiger partial charge in [-0.25, -0.2) is 0 Å². The number of piperazine rings is 1. The standard InChI is InChI=1S/C20H32N2O2/c1-6-17-14-22(13-12-21(17)7-2)18(19(23)24)15-8-10-16(11-9-15)20(3,4)5/h8-11,17-18H,6-7,12-14H2,1-5H3,(H,23,24). The molecule has 1 aliphatic rings. The van der Waals surface area contributed by atoms with Crippen LogP contribution in [-0.2, 0) is 10.2 Å². The van der Waals surface area contributed by atoms with E-state index in [1.165, 1.54) is 5.56 Å². The van der Waals surface area contributed by atoms with Crippen LogP contribution in [0.5, 0.6) is 0 Å². The van der Waals surface area contributed by atoms with Crippen LogP contribution in [0, 0.1) is 0 Å². The van der Waals surface area contributed by atoms with Crippen LogP contribution in [0.1, 0.15) is 58.2 Å². The van der Waals surface area contributed by atoms with E-state index in [0.29, 0.717) is 6.04 Å². The van der Waals surface area contributed by atoms with Gasteiger partial charge in [-0.15, -0.1) is 0 Å². The summed E-state index contributed by atoms with van der Waals surface area (Å²) in [5, 5.41) is 9.83. The highest BCUT2D eigenvalue weighted by Crippen LogP contribution is 2.28. The van der Waals surface area contributed by atoms with Crippen LogP contribution in [0.4, 0.5) is 0 Å². The first-order valence-electron chi connectivity index (χ1n) is 9.09. The van der Waals surface area contributed by atoms with Gasteiger partial charge in [0.1, 0.15) is 6.04 Å². The molecule has 0 aromatic heterocycles. The lowest BCUT2D eigenvalue weighted by Gasteiger charge is -2.43. The summed E-state index contributed by atoms with van der Waals surface area (Å²) in [6.07, 6.45) is 1.06. The molecule has 24 heavy (non-hydrogen) atoms. The maximum Gasteiger partial charge on any atom is 0.325 e. The largest absolute Gasteiger partial charge is 0.480 e. The third-order valence-corrected chi connectivity index (χ3v) is 5.21. The minimum Gasteiger partial charge on any atom is -0.480 e. The highest BCUT2D eigenvalue weighted by molar-refractivity contribution is 5.75. The van der Waals surface area contributed by atoms with Crippen molar-refractivity contribution >= 4 is 5.97 Å². The molecule has 1 fully saturated rings. The summed E-state index contributed by atoms with van der Waals surface area (Å²) in [5.74, 6) is -0.752. The van der Waals surface area contributed by atoms with Crippen LogP contribution in [0.15, 0.2) is 24.3 Å². The summed E-state index contributed by atoms with van der Waals surface area (Å²) >= 11 is 0. The molecule has 0 bridgehead atoms. The Hall–Kier alpha value is -1.39. The first kappa shape index (κ1) is 18.9. The smallest absolute Gasteiger partial charge is 0.325 e. The molecule has 0 saturated carbocycles. The van der Waals surface area contributed by atoms with E-state index in [1.54, 1.807) is 0 Å². The Balaban J connectivity index is 2.22. The van der Waals surface area contributed by atoms with Crippen molar-refractivity contribution < 1.29 is 9.90 Å². The minimum absolute atomic E-state index is 0.0807. The molecule has 4 heteroatoms. The second-order valence-electron chi connectivity index (χ2n) is 7.80. The maximum atomic E-state index is 12.0. The summed E-state index contributed by atoms with van der Waals surface area (Å²) < 4.78 is 0. The van der Waals surface area contributed by atoms with E-state index in [4.69, 9.17) is 0 Å². The fourth-order valence-corrected chi connectivity index (χ4v) is 3.63. The molecule has 2 unspecified atom stereocenters. The zero-order valence-electron chi connectivity index (χ0n) is 15.7. The molecule has 2 rings (SSSR count). The van der Waals surface area contributed by atoms with Crippen LogP contribution in [0.2, 0.25) is 0 Å². The molecule has 0 spiro atoms. The van der Waals surface area contributed by atoms with E-state index in [0.717, 1.165) is 38.2 Å². The predicted molar refractivity (Wildman–Crippen MR) is 98.4 cm³/mol. The Kier molecular flexibility index (Phi) is 6.05. The molecule has 2 atom stereocenters. The van der Waals surface area contributed by atoms with E-state index >= 15 is 0 Å². The molecule has 1 N–H and O–H groups in total. The van der Waals surface area contributed by atoms with Gasteiger partial charge in [0.25, 0.3) is 0 Å². The Bertz CT molecular complexity index is 548. The molecule has 0 radical (unpaired) electrons. The predicted octanol–water partition coefficient (Wildman–Crippen LogP) is 3.53. The molecule has 0 amide bonds. The van der Waals surface area contributed by atoms with E-state index in [1.807, 2.05) is 12.1 Å². The lowest BCUT2D eigenvalue weighted by molar-refractivity contribution is -0.145. The van der Waals surface area contributed by atoms with Gasteiger partial charge in [-0.1, -0.05) is 58.9 Å². The lowest BCUT2D eigenvalue weighted by Crippen LogP contribution is -2.54. The number of likely N-dealkylation sites (N-methyl/N-ethyl adjacent to an activating group) is 1. The van der Waals surface area contributed by atoms with Gasteiger partial charge in [0.05, 0.1) is 0 Å². The second kappa shape index (κ2) is 7.66. The van der Waals surface area contributed by atoms with Crippen LogP contribution in [0.25, 0.3) is 0 Å². The quantitative estimate of drug-likeness (QED) is 0.896. The van der Waals surface area contributed by atoms with Crippen molar-refractivity contribution in [2.45, 2.75) is 58.5 Å². The molecule has 1 saturated heterocycles. The van der Waals surface area contributed by atoms with E-state index in [2.05, 4.69) is 56.6 Å². The lowest BCUT2D eigenvalue weighted by atomic mass is 9.86. The minimum atomic E-state index is -0.752. The number of carboxylic acid groups (broad SMARTS) is 1. The third-order valence-electron chi connectivity index (χ3n) is 5.21. The molecule has 134 valence electrons. The average molecular weight is 332 g/mol. The fraction of sp³-hybridized carbons (Fsp3) is 0.650. The molecule has 1 aromatic rings. The Morgan fingerprint density at radius 2 is 1.83 bits per heavy atom. The number of carboxylic acids is 1. The van der Waals surface area contributed by atoms with Crippen LogP contribution in [-0.4, -0.2) is 53.1 Å². The molecule has 4 nitrogen and oxygen atoms in total. The number of hydrogen-bond donors (Lipinski definition) is 1. The number of nitrogens with zero attached hydrogens (tertiary/aromatic N) is 2. The molecule has 1 aromatic carbocycles. The molecule has 1 aliphatic heterocycles. The zero-order valence-corrected chi connectivity index (χ0v) is 15.7.